The van der Waals surface area contributed by atoms with Crippen LogP contribution in [0.5, 0.6) is 0 Å². The molecule has 0 bridgehead atoms. The van der Waals surface area contributed by atoms with Crippen LogP contribution >= 0.6 is 0 Å². The summed E-state index contributed by atoms with van der Waals surface area (Å²) >= 11 is 0. The first kappa shape index (κ1) is 17.0. The molecule has 1 aromatic carbocycles. The highest BCUT2D eigenvalue weighted by Crippen LogP contribution is 2.29. The lowest BCUT2D eigenvalue weighted by molar-refractivity contribution is -0.137. The molecule has 130 valence electrons. The molecule has 3 nitrogen and oxygen atoms in total. The quantitative estimate of drug-likeness (QED) is 0.878. The second-order valence-corrected chi connectivity index (χ2v) is 6.38. The number of benzene rings is 1. The van der Waals surface area contributed by atoms with E-state index in [0.29, 0.717) is 19.1 Å². The Morgan fingerprint density at radius 3 is 2.46 bits per heavy atom. The third-order valence-corrected chi connectivity index (χ3v) is 4.59. The number of rotatable bonds is 5. The molecule has 1 aromatic heterocycles. The fourth-order valence-electron chi connectivity index (χ4n) is 3.19. The van der Waals surface area contributed by atoms with Crippen LogP contribution in [0.25, 0.3) is 0 Å². The summed E-state index contributed by atoms with van der Waals surface area (Å²) < 4.78 is 39.8. The van der Waals surface area contributed by atoms with Gasteiger partial charge in [-0.2, -0.15) is 13.2 Å². The lowest BCUT2D eigenvalue weighted by Gasteiger charge is -2.22. The Bertz CT molecular complexity index is 640. The molecule has 3 rings (SSSR count). The Hall–Kier alpha value is -1.82. The second kappa shape index (κ2) is 7.38. The minimum Gasteiger partial charge on any atom is -0.329 e. The molecule has 1 aliphatic rings. The van der Waals surface area contributed by atoms with Crippen LogP contribution in [0.2, 0.25) is 0 Å². The molecule has 0 amide bonds. The zero-order valence-corrected chi connectivity index (χ0v) is 13.5. The predicted octanol–water partition coefficient (Wildman–Crippen LogP) is 4.37. The topological polar surface area (TPSA) is 29.9 Å². The van der Waals surface area contributed by atoms with Crippen LogP contribution < -0.4 is 5.32 Å². The second-order valence-electron chi connectivity index (χ2n) is 6.38. The third-order valence-electron chi connectivity index (χ3n) is 4.59. The first-order chi connectivity index (χ1) is 11.5. The van der Waals surface area contributed by atoms with Crippen molar-refractivity contribution in [1.29, 1.82) is 0 Å². The van der Waals surface area contributed by atoms with Crippen LogP contribution in [0, 0.1) is 0 Å². The van der Waals surface area contributed by atoms with Crippen molar-refractivity contribution < 1.29 is 13.2 Å². The van der Waals surface area contributed by atoms with E-state index < -0.39 is 11.7 Å². The standard InChI is InChI=1S/C18H22F3N3/c19-18(20,21)15-8-6-14(7-9-15)13-24-11-10-22-17(24)12-23-16-4-2-1-3-5-16/h6-11,16,23H,1-5,12-13H2. The fourth-order valence-corrected chi connectivity index (χ4v) is 3.19. The Morgan fingerprint density at radius 1 is 1.08 bits per heavy atom. The maximum absolute atomic E-state index is 12.6. The van der Waals surface area contributed by atoms with Gasteiger partial charge in [0, 0.05) is 25.0 Å². The summed E-state index contributed by atoms with van der Waals surface area (Å²) in [4.78, 5) is 4.37. The Kier molecular flexibility index (Phi) is 5.23. The van der Waals surface area contributed by atoms with E-state index in [0.717, 1.165) is 23.5 Å². The van der Waals surface area contributed by atoms with Gasteiger partial charge in [0.1, 0.15) is 5.82 Å². The molecular formula is C18H22F3N3. The Morgan fingerprint density at radius 2 is 1.79 bits per heavy atom. The number of aromatic nitrogens is 2. The molecule has 24 heavy (non-hydrogen) atoms. The summed E-state index contributed by atoms with van der Waals surface area (Å²) in [6, 6.07) is 5.87. The van der Waals surface area contributed by atoms with Gasteiger partial charge in [-0.1, -0.05) is 31.4 Å². The minimum atomic E-state index is -4.29. The van der Waals surface area contributed by atoms with Gasteiger partial charge >= 0.3 is 6.18 Å². The van der Waals surface area contributed by atoms with Crippen molar-refractivity contribution >= 4 is 0 Å². The van der Waals surface area contributed by atoms with Crippen molar-refractivity contribution in [2.75, 3.05) is 0 Å². The summed E-state index contributed by atoms with van der Waals surface area (Å²) in [7, 11) is 0. The zero-order valence-electron chi connectivity index (χ0n) is 13.5. The average molecular weight is 337 g/mol. The highest BCUT2D eigenvalue weighted by Gasteiger charge is 2.29. The Labute approximate surface area is 139 Å². The van der Waals surface area contributed by atoms with Crippen molar-refractivity contribution in [3.8, 4) is 0 Å². The summed E-state index contributed by atoms with van der Waals surface area (Å²) in [5.74, 6) is 0.917. The van der Waals surface area contributed by atoms with Crippen LogP contribution in [0.1, 0.15) is 49.1 Å². The molecule has 1 N–H and O–H groups in total. The fraction of sp³-hybridized carbons (Fsp3) is 0.500. The SMILES string of the molecule is FC(F)(F)c1ccc(Cn2ccnc2CNC2CCCCC2)cc1. The van der Waals surface area contributed by atoms with Gasteiger partial charge in [-0.25, -0.2) is 4.98 Å². The molecule has 0 radical (unpaired) electrons. The Balaban J connectivity index is 1.60. The van der Waals surface area contributed by atoms with Gasteiger partial charge in [0.15, 0.2) is 0 Å². The maximum atomic E-state index is 12.6. The van der Waals surface area contributed by atoms with E-state index in [4.69, 9.17) is 0 Å². The van der Waals surface area contributed by atoms with E-state index in [1.165, 1.54) is 44.2 Å². The van der Waals surface area contributed by atoms with Crippen LogP contribution in [-0.2, 0) is 19.3 Å². The van der Waals surface area contributed by atoms with E-state index in [9.17, 15) is 13.2 Å². The van der Waals surface area contributed by atoms with Crippen LogP contribution in [0.3, 0.4) is 0 Å². The highest BCUT2D eigenvalue weighted by molar-refractivity contribution is 5.25. The van der Waals surface area contributed by atoms with Crippen molar-refractivity contribution in [3.63, 3.8) is 0 Å². The molecule has 0 aliphatic heterocycles. The van der Waals surface area contributed by atoms with Crippen LogP contribution in [0.4, 0.5) is 13.2 Å². The molecule has 1 saturated carbocycles. The molecule has 0 unspecified atom stereocenters. The molecule has 1 fully saturated rings. The summed E-state index contributed by atoms with van der Waals surface area (Å²) in [5, 5.41) is 3.55. The van der Waals surface area contributed by atoms with Gasteiger partial charge in [-0.05, 0) is 30.5 Å². The van der Waals surface area contributed by atoms with E-state index in [1.807, 2.05) is 10.8 Å². The normalized spacial score (nSPS) is 16.5. The number of nitrogens with one attached hydrogen (secondary N) is 1. The van der Waals surface area contributed by atoms with Crippen molar-refractivity contribution in [2.24, 2.45) is 0 Å². The average Bonchev–Trinajstić information content (AvgIpc) is 3.01. The largest absolute Gasteiger partial charge is 0.416 e. The molecule has 0 atom stereocenters. The van der Waals surface area contributed by atoms with Crippen LogP contribution in [-0.4, -0.2) is 15.6 Å². The molecule has 1 heterocycles. The third kappa shape index (κ3) is 4.38. The van der Waals surface area contributed by atoms with E-state index in [2.05, 4.69) is 10.3 Å². The van der Waals surface area contributed by atoms with Gasteiger partial charge in [0.2, 0.25) is 0 Å². The molecule has 2 aromatic rings. The lowest BCUT2D eigenvalue weighted by Crippen LogP contribution is -2.31. The molecular weight excluding hydrogens is 315 g/mol. The lowest BCUT2D eigenvalue weighted by atomic mass is 9.95. The number of halogens is 3. The molecule has 1 aliphatic carbocycles. The van der Waals surface area contributed by atoms with Crippen molar-refractivity contribution in [2.45, 2.75) is 57.4 Å². The first-order valence-electron chi connectivity index (χ1n) is 8.42. The highest BCUT2D eigenvalue weighted by atomic mass is 19.4. The van der Waals surface area contributed by atoms with E-state index in [1.54, 1.807) is 6.20 Å². The first-order valence-corrected chi connectivity index (χ1v) is 8.42. The number of imidazole rings is 1. The van der Waals surface area contributed by atoms with Crippen molar-refractivity contribution in [3.05, 3.63) is 53.6 Å². The number of hydrogen-bond acceptors (Lipinski definition) is 2. The van der Waals surface area contributed by atoms with Gasteiger partial charge in [0.05, 0.1) is 12.1 Å². The van der Waals surface area contributed by atoms with Crippen LogP contribution in [0.15, 0.2) is 36.7 Å². The summed E-state index contributed by atoms with van der Waals surface area (Å²) in [5.41, 5.74) is 0.219. The zero-order chi connectivity index (χ0) is 17.0. The minimum absolute atomic E-state index is 0.528. The summed E-state index contributed by atoms with van der Waals surface area (Å²) in [6.07, 6.45) is 5.61. The van der Waals surface area contributed by atoms with Gasteiger partial charge in [-0.3, -0.25) is 0 Å². The monoisotopic (exact) mass is 337 g/mol. The van der Waals surface area contributed by atoms with E-state index in [-0.39, 0.29) is 0 Å². The van der Waals surface area contributed by atoms with Gasteiger partial charge in [0.25, 0.3) is 0 Å². The summed E-state index contributed by atoms with van der Waals surface area (Å²) in [6.45, 7) is 1.22. The maximum Gasteiger partial charge on any atom is 0.416 e. The molecule has 0 spiro atoms. The number of alkyl halides is 3. The predicted molar refractivity (Wildman–Crippen MR) is 86.5 cm³/mol. The van der Waals surface area contributed by atoms with Gasteiger partial charge < -0.3 is 9.88 Å². The smallest absolute Gasteiger partial charge is 0.329 e. The van der Waals surface area contributed by atoms with E-state index >= 15 is 0 Å². The molecule has 6 heteroatoms. The van der Waals surface area contributed by atoms with Gasteiger partial charge in [-0.15, -0.1) is 0 Å². The molecule has 0 saturated heterocycles. The number of nitrogens with zero attached hydrogens (tertiary/aromatic N) is 2. The number of hydrogen-bond donors (Lipinski definition) is 1. The van der Waals surface area contributed by atoms with Crippen molar-refractivity contribution in [1.82, 2.24) is 14.9 Å².